The maximum atomic E-state index is 14.2. The summed E-state index contributed by atoms with van der Waals surface area (Å²) in [6.07, 6.45) is 3.09. The molecule has 0 amide bonds. The van der Waals surface area contributed by atoms with E-state index in [4.69, 9.17) is 0 Å². The molecule has 0 fully saturated rings. The first-order valence-electron chi connectivity index (χ1n) is 9.44. The quantitative estimate of drug-likeness (QED) is 0.370. The summed E-state index contributed by atoms with van der Waals surface area (Å²) in [4.78, 5) is 4.54. The zero-order valence-corrected chi connectivity index (χ0v) is 16.0. The smallest absolute Gasteiger partial charge is 0.138 e. The Morgan fingerprint density at radius 3 is 2.29 bits per heavy atom. The van der Waals surface area contributed by atoms with Crippen molar-refractivity contribution in [3.05, 3.63) is 106 Å². The summed E-state index contributed by atoms with van der Waals surface area (Å²) >= 11 is 0. The van der Waals surface area contributed by atoms with Crippen LogP contribution in [0.25, 0.3) is 28.0 Å². The number of halogens is 1. The van der Waals surface area contributed by atoms with Crippen LogP contribution in [-0.2, 0) is 0 Å². The molecule has 0 aliphatic heterocycles. The van der Waals surface area contributed by atoms with Gasteiger partial charge in [-0.1, -0.05) is 36.4 Å². The summed E-state index contributed by atoms with van der Waals surface area (Å²) in [5, 5.41) is 28.9. The summed E-state index contributed by atoms with van der Waals surface area (Å²) in [5.41, 5.74) is 6.57. The first-order valence-corrected chi connectivity index (χ1v) is 9.44. The molecule has 0 radical (unpaired) electrons. The van der Waals surface area contributed by atoms with Crippen molar-refractivity contribution >= 4 is 16.7 Å². The average molecular weight is 398 g/mol. The number of fused-ring (bicyclic) bond motifs is 4. The van der Waals surface area contributed by atoms with E-state index in [0.717, 1.165) is 28.0 Å². The van der Waals surface area contributed by atoms with Crippen LogP contribution in [0.5, 0.6) is 0 Å². The van der Waals surface area contributed by atoms with Crippen molar-refractivity contribution in [3.63, 3.8) is 0 Å². The molecule has 31 heavy (non-hydrogen) atoms. The minimum Gasteiger partial charge on any atom is -0.256 e. The second-order valence-electron chi connectivity index (χ2n) is 7.05. The lowest BCUT2D eigenvalue weighted by Gasteiger charge is -2.12. The van der Waals surface area contributed by atoms with E-state index in [1.807, 2.05) is 48.5 Å². The van der Waals surface area contributed by atoms with Gasteiger partial charge in [0.1, 0.15) is 23.5 Å². The van der Waals surface area contributed by atoms with Gasteiger partial charge in [-0.2, -0.15) is 15.8 Å². The Morgan fingerprint density at radius 2 is 1.55 bits per heavy atom. The number of nitrogens with zero attached hydrogens (tertiary/aromatic N) is 4. The minimum atomic E-state index is -0.483. The van der Waals surface area contributed by atoms with Crippen LogP contribution < -0.4 is 0 Å². The van der Waals surface area contributed by atoms with Gasteiger partial charge >= 0.3 is 0 Å². The average Bonchev–Trinajstić information content (AvgIpc) is 3.28. The molecule has 1 aromatic heterocycles. The number of benzene rings is 2. The van der Waals surface area contributed by atoms with Crippen molar-refractivity contribution in [1.82, 2.24) is 4.98 Å². The molecule has 3 aromatic rings. The van der Waals surface area contributed by atoms with Gasteiger partial charge in [0, 0.05) is 45.7 Å². The van der Waals surface area contributed by atoms with Gasteiger partial charge in [0.25, 0.3) is 0 Å². The lowest BCUT2D eigenvalue weighted by Crippen LogP contribution is -1.94. The highest BCUT2D eigenvalue weighted by Crippen LogP contribution is 2.54. The Bertz CT molecular complexity index is 1450. The zero-order valence-electron chi connectivity index (χ0n) is 16.0. The maximum absolute atomic E-state index is 14.2. The van der Waals surface area contributed by atoms with Crippen LogP contribution in [0, 0.1) is 39.8 Å². The van der Waals surface area contributed by atoms with Crippen LogP contribution in [-0.4, -0.2) is 4.98 Å². The van der Waals surface area contributed by atoms with E-state index in [9.17, 15) is 20.2 Å². The summed E-state index contributed by atoms with van der Waals surface area (Å²) in [6.45, 7) is 0. The van der Waals surface area contributed by atoms with Crippen LogP contribution in [0.3, 0.4) is 0 Å². The molecule has 4 nitrogen and oxygen atoms in total. The van der Waals surface area contributed by atoms with Crippen molar-refractivity contribution < 1.29 is 4.39 Å². The lowest BCUT2D eigenvalue weighted by atomic mass is 9.89. The highest BCUT2D eigenvalue weighted by atomic mass is 19.1. The molecule has 1 heterocycles. The molecule has 2 aromatic carbocycles. The lowest BCUT2D eigenvalue weighted by molar-refractivity contribution is 0.627. The zero-order chi connectivity index (χ0) is 21.5. The summed E-state index contributed by atoms with van der Waals surface area (Å²) < 4.78 is 14.2. The number of aromatic nitrogens is 1. The number of allylic oxidation sites excluding steroid dienone is 5. The molecule has 0 spiro atoms. The van der Waals surface area contributed by atoms with E-state index in [2.05, 4.69) is 11.1 Å². The van der Waals surface area contributed by atoms with Crippen molar-refractivity contribution in [1.29, 1.82) is 15.8 Å². The second kappa shape index (κ2) is 6.92. The van der Waals surface area contributed by atoms with E-state index in [1.54, 1.807) is 12.3 Å². The monoisotopic (exact) mass is 398 g/mol. The Morgan fingerprint density at radius 1 is 0.806 bits per heavy atom. The van der Waals surface area contributed by atoms with Gasteiger partial charge in [0.05, 0.1) is 11.8 Å². The Hall–Kier alpha value is -4.79. The first kappa shape index (κ1) is 18.3. The number of hydrogen-bond acceptors (Lipinski definition) is 4. The van der Waals surface area contributed by atoms with E-state index in [1.165, 1.54) is 18.2 Å². The molecule has 2 aliphatic carbocycles. The molecule has 0 saturated carbocycles. The SMILES string of the molecule is N#CC=C1/C(=C2/c3ccccc3-c3ncccc32)C(=C(C#N)C#N)c2cc(F)ccc21. The van der Waals surface area contributed by atoms with Gasteiger partial charge in [-0.15, -0.1) is 0 Å². The normalized spacial score (nSPS) is 16.7. The van der Waals surface area contributed by atoms with Gasteiger partial charge in [-0.3, -0.25) is 4.98 Å². The standard InChI is InChI=1S/C26H11FN4/c27-16-7-8-17-19(9-10-28)25(23(22(17)12-16)15(13-29)14-30)24-18-4-1-2-5-20(18)26-21(24)6-3-11-31-26/h1-9,11-12H/b19-9?,25-24+. The topological polar surface area (TPSA) is 84.3 Å². The molecule has 0 saturated heterocycles. The molecule has 0 bridgehead atoms. The fraction of sp³-hybridized carbons (Fsp3) is 0. The van der Waals surface area contributed by atoms with Crippen molar-refractivity contribution in [3.8, 4) is 29.5 Å². The van der Waals surface area contributed by atoms with Gasteiger partial charge in [0.2, 0.25) is 0 Å². The molecule has 0 N–H and O–H groups in total. The second-order valence-corrected chi connectivity index (χ2v) is 7.05. The highest BCUT2D eigenvalue weighted by molar-refractivity contribution is 6.20. The molecule has 0 atom stereocenters. The third kappa shape index (κ3) is 2.53. The minimum absolute atomic E-state index is 0.134. The van der Waals surface area contributed by atoms with Crippen LogP contribution in [0.15, 0.2) is 78.0 Å². The molecule has 2 aliphatic rings. The summed E-state index contributed by atoms with van der Waals surface area (Å²) in [6, 6.07) is 21.7. The van der Waals surface area contributed by atoms with Crippen molar-refractivity contribution in [2.75, 3.05) is 0 Å². The predicted molar refractivity (Wildman–Crippen MR) is 114 cm³/mol. The van der Waals surface area contributed by atoms with E-state index < -0.39 is 5.82 Å². The summed E-state index contributed by atoms with van der Waals surface area (Å²) in [5.74, 6) is -0.483. The van der Waals surface area contributed by atoms with Crippen LogP contribution in [0.4, 0.5) is 4.39 Å². The van der Waals surface area contributed by atoms with Crippen molar-refractivity contribution in [2.45, 2.75) is 0 Å². The predicted octanol–water partition coefficient (Wildman–Crippen LogP) is 5.42. The van der Waals surface area contributed by atoms with Gasteiger partial charge in [0.15, 0.2) is 0 Å². The van der Waals surface area contributed by atoms with E-state index in [-0.39, 0.29) is 5.57 Å². The van der Waals surface area contributed by atoms with Crippen LogP contribution >= 0.6 is 0 Å². The molecular formula is C26H11FN4. The van der Waals surface area contributed by atoms with E-state index >= 15 is 0 Å². The number of pyridine rings is 1. The third-order valence-electron chi connectivity index (χ3n) is 5.52. The third-order valence-corrected chi connectivity index (χ3v) is 5.52. The van der Waals surface area contributed by atoms with Crippen LogP contribution in [0.2, 0.25) is 0 Å². The van der Waals surface area contributed by atoms with E-state index in [0.29, 0.717) is 27.8 Å². The Balaban J connectivity index is 2.02. The first-order chi connectivity index (χ1) is 15.2. The molecular weight excluding hydrogens is 387 g/mol. The number of hydrogen-bond donors (Lipinski definition) is 0. The van der Waals surface area contributed by atoms with Gasteiger partial charge in [-0.05, 0) is 34.9 Å². The maximum Gasteiger partial charge on any atom is 0.138 e. The molecule has 5 rings (SSSR count). The summed E-state index contributed by atoms with van der Waals surface area (Å²) in [7, 11) is 0. The number of rotatable bonds is 0. The van der Waals surface area contributed by atoms with Crippen molar-refractivity contribution in [2.24, 2.45) is 0 Å². The molecule has 5 heteroatoms. The fourth-order valence-corrected chi connectivity index (χ4v) is 4.38. The van der Waals surface area contributed by atoms with Gasteiger partial charge in [-0.25, -0.2) is 4.39 Å². The Kier molecular flexibility index (Phi) is 4.07. The highest BCUT2D eigenvalue weighted by Gasteiger charge is 2.36. The molecule has 142 valence electrons. The molecule has 0 unspecified atom stereocenters. The fourth-order valence-electron chi connectivity index (χ4n) is 4.38. The Labute approximate surface area is 177 Å². The van der Waals surface area contributed by atoms with Crippen LogP contribution in [0.1, 0.15) is 22.3 Å². The van der Waals surface area contributed by atoms with Gasteiger partial charge < -0.3 is 0 Å². The largest absolute Gasteiger partial charge is 0.256 e. The number of nitriles is 3.